The third kappa shape index (κ3) is 5.48. The second-order valence-electron chi connectivity index (χ2n) is 8.07. The number of methoxy groups -OCH3 is 1. The van der Waals surface area contributed by atoms with Crippen LogP contribution in [0.3, 0.4) is 0 Å². The van der Waals surface area contributed by atoms with Crippen molar-refractivity contribution in [1.82, 2.24) is 14.5 Å². The molecule has 1 fully saturated rings. The van der Waals surface area contributed by atoms with E-state index in [1.165, 1.54) is 4.31 Å². The minimum atomic E-state index is -3.56. The highest BCUT2D eigenvalue weighted by molar-refractivity contribution is 7.89. The van der Waals surface area contributed by atoms with Crippen LogP contribution in [0.15, 0.2) is 65.6 Å². The highest BCUT2D eigenvalue weighted by Gasteiger charge is 2.29. The number of aromatic nitrogens is 2. The van der Waals surface area contributed by atoms with E-state index in [2.05, 4.69) is 22.0 Å². The van der Waals surface area contributed by atoms with E-state index >= 15 is 0 Å². The van der Waals surface area contributed by atoms with Crippen LogP contribution in [0.2, 0.25) is 0 Å². The van der Waals surface area contributed by atoms with Crippen LogP contribution < -0.4 is 14.4 Å². The lowest BCUT2D eigenvalue weighted by atomic mass is 10.1. The van der Waals surface area contributed by atoms with Gasteiger partial charge in [0.2, 0.25) is 10.0 Å². The lowest BCUT2D eigenvalue weighted by molar-refractivity contribution is 0.309. The van der Waals surface area contributed by atoms with Crippen LogP contribution in [-0.4, -0.2) is 62.8 Å². The molecule has 0 atom stereocenters. The average molecular weight is 483 g/mol. The molecule has 0 saturated carbocycles. The Bertz CT molecular complexity index is 1180. The van der Waals surface area contributed by atoms with Gasteiger partial charge >= 0.3 is 0 Å². The van der Waals surface area contributed by atoms with Crippen LogP contribution in [0.4, 0.5) is 5.82 Å². The fourth-order valence-electron chi connectivity index (χ4n) is 3.78. The Morgan fingerprint density at radius 1 is 0.912 bits per heavy atom. The second-order valence-corrected chi connectivity index (χ2v) is 10.0. The van der Waals surface area contributed by atoms with Crippen molar-refractivity contribution in [2.45, 2.75) is 24.7 Å². The van der Waals surface area contributed by atoms with Crippen molar-refractivity contribution in [3.05, 3.63) is 60.7 Å². The molecule has 180 valence electrons. The molecule has 2 heterocycles. The smallest absolute Gasteiger partial charge is 0.243 e. The Balaban J connectivity index is 1.37. The molecule has 0 amide bonds. The van der Waals surface area contributed by atoms with Gasteiger partial charge in [0.05, 0.1) is 24.3 Å². The van der Waals surface area contributed by atoms with E-state index < -0.39 is 10.0 Å². The summed E-state index contributed by atoms with van der Waals surface area (Å²) in [7, 11) is -1.92. The Hall–Kier alpha value is -3.17. The summed E-state index contributed by atoms with van der Waals surface area (Å²) in [6.45, 7) is 4.60. The molecule has 1 saturated heterocycles. The van der Waals surface area contributed by atoms with Gasteiger partial charge in [-0.25, -0.2) is 8.42 Å². The summed E-state index contributed by atoms with van der Waals surface area (Å²) in [4.78, 5) is 2.34. The lowest BCUT2D eigenvalue weighted by Gasteiger charge is -2.34. The maximum Gasteiger partial charge on any atom is 0.243 e. The third-order valence-electron chi connectivity index (χ3n) is 5.81. The maximum absolute atomic E-state index is 13.1. The van der Waals surface area contributed by atoms with Gasteiger partial charge in [0.15, 0.2) is 5.82 Å². The number of nitrogens with zero attached hydrogens (tertiary/aromatic N) is 4. The number of benzene rings is 2. The van der Waals surface area contributed by atoms with Crippen molar-refractivity contribution in [2.24, 2.45) is 0 Å². The predicted octanol–water partition coefficient (Wildman–Crippen LogP) is 3.84. The number of unbranched alkanes of at least 4 members (excludes halogenated alkanes) is 1. The van der Waals surface area contributed by atoms with Gasteiger partial charge in [-0.05, 0) is 55.0 Å². The average Bonchev–Trinajstić information content (AvgIpc) is 2.89. The fourth-order valence-corrected chi connectivity index (χ4v) is 5.20. The Labute approximate surface area is 201 Å². The van der Waals surface area contributed by atoms with E-state index in [0.717, 1.165) is 35.7 Å². The minimum Gasteiger partial charge on any atom is -0.497 e. The van der Waals surface area contributed by atoms with Gasteiger partial charge in [-0.2, -0.15) is 4.31 Å². The van der Waals surface area contributed by atoms with Crippen LogP contribution in [-0.2, 0) is 10.0 Å². The summed E-state index contributed by atoms with van der Waals surface area (Å²) in [5, 5.41) is 8.73. The summed E-state index contributed by atoms with van der Waals surface area (Å²) < 4.78 is 38.6. The molecule has 0 bridgehead atoms. The van der Waals surface area contributed by atoms with Crippen molar-refractivity contribution in [1.29, 1.82) is 0 Å². The van der Waals surface area contributed by atoms with Gasteiger partial charge in [-0.3, -0.25) is 0 Å². The van der Waals surface area contributed by atoms with Crippen LogP contribution in [0.1, 0.15) is 19.8 Å². The molecule has 2 aromatic carbocycles. The molecule has 1 aliphatic rings. The quantitative estimate of drug-likeness (QED) is 0.428. The zero-order valence-corrected chi connectivity index (χ0v) is 20.4. The first-order valence-corrected chi connectivity index (χ1v) is 12.9. The van der Waals surface area contributed by atoms with Crippen molar-refractivity contribution < 1.29 is 17.9 Å². The highest BCUT2D eigenvalue weighted by atomic mass is 32.2. The molecule has 8 nitrogen and oxygen atoms in total. The van der Waals surface area contributed by atoms with E-state index in [1.54, 1.807) is 31.4 Å². The van der Waals surface area contributed by atoms with E-state index in [-0.39, 0.29) is 4.90 Å². The monoisotopic (exact) mass is 482 g/mol. The molecule has 0 unspecified atom stereocenters. The number of hydrogen-bond acceptors (Lipinski definition) is 7. The van der Waals surface area contributed by atoms with Crippen LogP contribution in [0.5, 0.6) is 11.5 Å². The fraction of sp³-hybridized carbons (Fsp3) is 0.360. The molecule has 4 rings (SSSR count). The summed E-state index contributed by atoms with van der Waals surface area (Å²) in [5.41, 5.74) is 1.68. The van der Waals surface area contributed by atoms with Gasteiger partial charge in [-0.1, -0.05) is 25.5 Å². The van der Waals surface area contributed by atoms with Crippen molar-refractivity contribution in [3.63, 3.8) is 0 Å². The second kappa shape index (κ2) is 10.8. The van der Waals surface area contributed by atoms with Gasteiger partial charge in [0.25, 0.3) is 0 Å². The van der Waals surface area contributed by atoms with Gasteiger partial charge in [0, 0.05) is 31.7 Å². The lowest BCUT2D eigenvalue weighted by Crippen LogP contribution is -2.48. The molecule has 1 aliphatic heterocycles. The molecule has 0 aliphatic carbocycles. The Kier molecular flexibility index (Phi) is 7.64. The first kappa shape index (κ1) is 24.0. The van der Waals surface area contributed by atoms with E-state index in [9.17, 15) is 8.42 Å². The van der Waals surface area contributed by atoms with Crippen LogP contribution >= 0.6 is 0 Å². The number of sulfonamides is 1. The number of hydrogen-bond donors (Lipinski definition) is 0. The zero-order chi connectivity index (χ0) is 24.0. The summed E-state index contributed by atoms with van der Waals surface area (Å²) >= 11 is 0. The van der Waals surface area contributed by atoms with Gasteiger partial charge < -0.3 is 14.4 Å². The largest absolute Gasteiger partial charge is 0.497 e. The molecule has 0 radical (unpaired) electrons. The van der Waals surface area contributed by atoms with Crippen molar-refractivity contribution in [2.75, 3.05) is 44.8 Å². The van der Waals surface area contributed by atoms with Gasteiger partial charge in [0.1, 0.15) is 11.5 Å². The normalized spacial score (nSPS) is 14.7. The number of rotatable bonds is 9. The molecular formula is C25H30N4O4S. The Morgan fingerprint density at radius 3 is 2.32 bits per heavy atom. The van der Waals surface area contributed by atoms with Crippen molar-refractivity contribution >= 4 is 15.8 Å². The Morgan fingerprint density at radius 2 is 1.68 bits per heavy atom. The van der Waals surface area contributed by atoms with E-state index in [0.29, 0.717) is 38.5 Å². The molecule has 34 heavy (non-hydrogen) atoms. The SMILES string of the molecule is CCCCOc1ccc(S(=O)(=O)N2CCN(c3ccc(-c4cccc(OC)c4)nn3)CC2)cc1. The molecular weight excluding hydrogens is 452 g/mol. The summed E-state index contributed by atoms with van der Waals surface area (Å²) in [6, 6.07) is 18.2. The van der Waals surface area contributed by atoms with E-state index in [1.807, 2.05) is 36.4 Å². The topological polar surface area (TPSA) is 84.9 Å². The van der Waals surface area contributed by atoms with Gasteiger partial charge in [-0.15, -0.1) is 10.2 Å². The summed E-state index contributed by atoms with van der Waals surface area (Å²) in [5.74, 6) is 2.19. The maximum atomic E-state index is 13.1. The molecule has 0 spiro atoms. The minimum absolute atomic E-state index is 0.284. The van der Waals surface area contributed by atoms with Crippen LogP contribution in [0.25, 0.3) is 11.3 Å². The van der Waals surface area contributed by atoms with E-state index in [4.69, 9.17) is 9.47 Å². The zero-order valence-electron chi connectivity index (χ0n) is 19.6. The summed E-state index contributed by atoms with van der Waals surface area (Å²) in [6.07, 6.45) is 2.02. The van der Waals surface area contributed by atoms with Crippen molar-refractivity contribution in [3.8, 4) is 22.8 Å². The first-order chi connectivity index (χ1) is 16.5. The number of anilines is 1. The molecule has 3 aromatic rings. The first-order valence-electron chi connectivity index (χ1n) is 11.5. The number of ether oxygens (including phenoxy) is 2. The third-order valence-corrected chi connectivity index (χ3v) is 7.72. The van der Waals surface area contributed by atoms with Crippen LogP contribution in [0, 0.1) is 0 Å². The highest BCUT2D eigenvalue weighted by Crippen LogP contribution is 2.25. The molecule has 0 N–H and O–H groups in total. The number of piperazine rings is 1. The molecule has 9 heteroatoms. The molecule has 1 aromatic heterocycles. The predicted molar refractivity (Wildman–Crippen MR) is 132 cm³/mol. The standard InChI is InChI=1S/C25H30N4O4S/c1-3-4-18-33-21-8-10-23(11-9-21)34(30,31)29-16-14-28(15-17-29)25-13-12-24(26-27-25)20-6-5-7-22(19-20)32-2/h5-13,19H,3-4,14-18H2,1-2H3.